The first-order chi connectivity index (χ1) is 14.2. The molecule has 0 spiro atoms. The minimum absolute atomic E-state index is 0.0685. The highest BCUT2D eigenvalue weighted by Gasteiger charge is 2.18. The van der Waals surface area contributed by atoms with E-state index in [9.17, 15) is 24.5 Å². The van der Waals surface area contributed by atoms with Gasteiger partial charge in [0.25, 0.3) is 11.2 Å². The average molecular weight is 410 g/mol. The lowest BCUT2D eigenvalue weighted by molar-refractivity contribution is -0.384. The van der Waals surface area contributed by atoms with Crippen LogP contribution >= 0.6 is 0 Å². The average Bonchev–Trinajstić information content (AvgIpc) is 2.70. The van der Waals surface area contributed by atoms with Gasteiger partial charge in [-0.2, -0.15) is 0 Å². The van der Waals surface area contributed by atoms with E-state index in [-0.39, 0.29) is 35.1 Å². The zero-order chi connectivity index (χ0) is 22.0. The standard InChI is InChI=1S/C21H22N4O5/c1-13(2)11-22-19(26)12-23-18-8-7-14(3)9-17(18)20(27)24(21(23)28)15-5-4-6-16(10-15)25(29)30/h4-10,13H,11-12H2,1-3H3,(H,22,26). The number of carbonyl (C=O) groups excluding carboxylic acids is 1. The third-order valence-corrected chi connectivity index (χ3v) is 4.61. The van der Waals surface area contributed by atoms with E-state index >= 15 is 0 Å². The number of nitrogens with zero attached hydrogens (tertiary/aromatic N) is 3. The van der Waals surface area contributed by atoms with Crippen LogP contribution in [0.2, 0.25) is 0 Å². The largest absolute Gasteiger partial charge is 0.354 e. The highest BCUT2D eigenvalue weighted by molar-refractivity contribution is 5.82. The smallest absolute Gasteiger partial charge is 0.336 e. The van der Waals surface area contributed by atoms with Crippen molar-refractivity contribution in [2.45, 2.75) is 27.3 Å². The van der Waals surface area contributed by atoms with Gasteiger partial charge in [-0.1, -0.05) is 31.5 Å². The van der Waals surface area contributed by atoms with Crippen LogP contribution in [0.1, 0.15) is 19.4 Å². The minimum atomic E-state index is -0.739. The number of carbonyl (C=O) groups is 1. The van der Waals surface area contributed by atoms with Crippen molar-refractivity contribution in [2.75, 3.05) is 6.54 Å². The lowest BCUT2D eigenvalue weighted by atomic mass is 10.1. The molecule has 0 bridgehead atoms. The molecule has 0 atom stereocenters. The summed E-state index contributed by atoms with van der Waals surface area (Å²) in [6.45, 7) is 5.89. The number of aromatic nitrogens is 2. The Bertz CT molecular complexity index is 1260. The van der Waals surface area contributed by atoms with Gasteiger partial charge in [0.2, 0.25) is 5.91 Å². The van der Waals surface area contributed by atoms with E-state index in [1.807, 2.05) is 13.8 Å². The summed E-state index contributed by atoms with van der Waals surface area (Å²) in [5.74, 6) is -0.124. The summed E-state index contributed by atoms with van der Waals surface area (Å²) in [5, 5.41) is 14.1. The van der Waals surface area contributed by atoms with Crippen molar-refractivity contribution in [1.82, 2.24) is 14.5 Å². The van der Waals surface area contributed by atoms with Crippen molar-refractivity contribution in [3.05, 3.63) is 79.0 Å². The van der Waals surface area contributed by atoms with E-state index < -0.39 is 16.2 Å². The number of amides is 1. The van der Waals surface area contributed by atoms with Crippen molar-refractivity contribution in [1.29, 1.82) is 0 Å². The van der Waals surface area contributed by atoms with Gasteiger partial charge in [-0.3, -0.25) is 24.3 Å². The Morgan fingerprint density at radius 2 is 1.90 bits per heavy atom. The molecule has 9 heteroatoms. The van der Waals surface area contributed by atoms with Gasteiger partial charge in [0.15, 0.2) is 0 Å². The molecule has 1 aromatic heterocycles. The fraction of sp³-hybridized carbons (Fsp3) is 0.286. The van der Waals surface area contributed by atoms with Crippen LogP contribution in [0.5, 0.6) is 0 Å². The van der Waals surface area contributed by atoms with E-state index in [4.69, 9.17) is 0 Å². The molecule has 0 aliphatic rings. The molecule has 30 heavy (non-hydrogen) atoms. The van der Waals surface area contributed by atoms with Crippen molar-refractivity contribution in [3.8, 4) is 5.69 Å². The second kappa shape index (κ2) is 8.32. The van der Waals surface area contributed by atoms with Crippen LogP contribution in [0.25, 0.3) is 16.6 Å². The zero-order valence-electron chi connectivity index (χ0n) is 16.9. The first kappa shape index (κ1) is 21.0. The van der Waals surface area contributed by atoms with Crippen LogP contribution in [0.15, 0.2) is 52.1 Å². The number of fused-ring (bicyclic) bond motifs is 1. The lowest BCUT2D eigenvalue weighted by Gasteiger charge is -2.15. The fourth-order valence-corrected chi connectivity index (χ4v) is 3.13. The molecular weight excluding hydrogens is 388 g/mol. The third-order valence-electron chi connectivity index (χ3n) is 4.61. The molecule has 0 saturated heterocycles. The number of hydrogen-bond acceptors (Lipinski definition) is 5. The van der Waals surface area contributed by atoms with E-state index in [1.54, 1.807) is 25.1 Å². The van der Waals surface area contributed by atoms with Gasteiger partial charge in [0.1, 0.15) is 6.54 Å². The molecule has 1 amide bonds. The number of non-ortho nitro benzene ring substituents is 1. The highest BCUT2D eigenvalue weighted by Crippen LogP contribution is 2.16. The molecule has 3 aromatic rings. The maximum absolute atomic E-state index is 13.2. The van der Waals surface area contributed by atoms with Crippen LogP contribution in [0.3, 0.4) is 0 Å². The Morgan fingerprint density at radius 1 is 1.17 bits per heavy atom. The van der Waals surface area contributed by atoms with E-state index in [0.717, 1.165) is 16.2 Å². The summed E-state index contributed by atoms with van der Waals surface area (Å²) in [4.78, 5) is 49.3. The van der Waals surface area contributed by atoms with Crippen LogP contribution in [-0.2, 0) is 11.3 Å². The lowest BCUT2D eigenvalue weighted by Crippen LogP contribution is -2.42. The van der Waals surface area contributed by atoms with Crippen molar-refractivity contribution in [2.24, 2.45) is 5.92 Å². The molecule has 1 N–H and O–H groups in total. The second-order valence-corrected chi connectivity index (χ2v) is 7.50. The van der Waals surface area contributed by atoms with Gasteiger partial charge in [0, 0.05) is 18.7 Å². The number of benzene rings is 2. The Hall–Kier alpha value is -3.75. The summed E-state index contributed by atoms with van der Waals surface area (Å²) in [6, 6.07) is 10.3. The summed E-state index contributed by atoms with van der Waals surface area (Å²) in [5.41, 5.74) is -0.380. The van der Waals surface area contributed by atoms with Gasteiger partial charge >= 0.3 is 5.69 Å². The number of rotatable bonds is 6. The summed E-state index contributed by atoms with van der Waals surface area (Å²) in [7, 11) is 0. The molecule has 0 aliphatic carbocycles. The van der Waals surface area contributed by atoms with Gasteiger partial charge in [-0.15, -0.1) is 0 Å². The van der Waals surface area contributed by atoms with Crippen LogP contribution in [0, 0.1) is 23.0 Å². The van der Waals surface area contributed by atoms with Crippen LogP contribution < -0.4 is 16.6 Å². The topological polar surface area (TPSA) is 116 Å². The molecular formula is C21H22N4O5. The van der Waals surface area contributed by atoms with Gasteiger partial charge in [-0.25, -0.2) is 9.36 Å². The van der Waals surface area contributed by atoms with Crippen molar-refractivity contribution >= 4 is 22.5 Å². The number of nitro groups is 1. The number of nitro benzene ring substituents is 1. The SMILES string of the molecule is Cc1ccc2c(c1)c(=O)n(-c1cccc([N+](=O)[O-])c1)c(=O)n2CC(=O)NCC(C)C. The van der Waals surface area contributed by atoms with Gasteiger partial charge in [-0.05, 0) is 31.0 Å². The number of aryl methyl sites for hydroxylation is 1. The normalized spacial score (nSPS) is 11.1. The van der Waals surface area contributed by atoms with E-state index in [0.29, 0.717) is 12.1 Å². The van der Waals surface area contributed by atoms with Crippen molar-refractivity contribution < 1.29 is 9.72 Å². The van der Waals surface area contributed by atoms with E-state index in [1.165, 1.54) is 22.8 Å². The van der Waals surface area contributed by atoms with Gasteiger partial charge < -0.3 is 5.32 Å². The molecule has 2 aromatic carbocycles. The number of hydrogen-bond donors (Lipinski definition) is 1. The zero-order valence-corrected chi connectivity index (χ0v) is 16.9. The molecule has 1 heterocycles. The third kappa shape index (κ3) is 4.14. The van der Waals surface area contributed by atoms with Crippen LogP contribution in [0.4, 0.5) is 5.69 Å². The Morgan fingerprint density at radius 3 is 2.57 bits per heavy atom. The fourth-order valence-electron chi connectivity index (χ4n) is 3.13. The maximum Gasteiger partial charge on any atom is 0.336 e. The molecule has 0 fully saturated rings. The van der Waals surface area contributed by atoms with Gasteiger partial charge in [0.05, 0.1) is 21.5 Å². The summed E-state index contributed by atoms with van der Waals surface area (Å²) >= 11 is 0. The molecule has 9 nitrogen and oxygen atoms in total. The molecule has 0 radical (unpaired) electrons. The molecule has 3 rings (SSSR count). The second-order valence-electron chi connectivity index (χ2n) is 7.50. The number of nitrogens with one attached hydrogen (secondary N) is 1. The Labute approximate surface area is 171 Å². The quantitative estimate of drug-likeness (QED) is 0.494. The Kier molecular flexibility index (Phi) is 5.81. The minimum Gasteiger partial charge on any atom is -0.354 e. The maximum atomic E-state index is 13.2. The summed E-state index contributed by atoms with van der Waals surface area (Å²) in [6.07, 6.45) is 0. The highest BCUT2D eigenvalue weighted by atomic mass is 16.6. The first-order valence-electron chi connectivity index (χ1n) is 9.46. The van der Waals surface area contributed by atoms with Crippen LogP contribution in [-0.4, -0.2) is 26.5 Å². The Balaban J connectivity index is 2.25. The summed E-state index contributed by atoms with van der Waals surface area (Å²) < 4.78 is 2.08. The predicted octanol–water partition coefficient (Wildman–Crippen LogP) is 2.14. The van der Waals surface area contributed by atoms with E-state index in [2.05, 4.69) is 5.32 Å². The van der Waals surface area contributed by atoms with Crippen molar-refractivity contribution in [3.63, 3.8) is 0 Å². The molecule has 156 valence electrons. The molecule has 0 unspecified atom stereocenters. The first-order valence-corrected chi connectivity index (χ1v) is 9.46. The molecule has 0 saturated carbocycles. The predicted molar refractivity (Wildman–Crippen MR) is 113 cm³/mol. The monoisotopic (exact) mass is 410 g/mol. The molecule has 0 aliphatic heterocycles.